The molecule has 1 aromatic heterocycles. The van der Waals surface area contributed by atoms with E-state index in [0.717, 1.165) is 29.5 Å². The van der Waals surface area contributed by atoms with Crippen LogP contribution in [0.2, 0.25) is 0 Å². The summed E-state index contributed by atoms with van der Waals surface area (Å²) in [5.74, 6) is 0. The standard InChI is InChI=1S/C11H12BrNO2/c12-9-4-1-5-13-10(9)11(14)8-3-2-6-15-7-8/h1,4-5,7,11,14H,2-3,6H2. The average Bonchev–Trinajstić information content (AvgIpc) is 2.30. The van der Waals surface area contributed by atoms with Crippen LogP contribution in [0, 0.1) is 0 Å². The quantitative estimate of drug-likeness (QED) is 0.898. The summed E-state index contributed by atoms with van der Waals surface area (Å²) in [6.45, 7) is 0.736. The minimum Gasteiger partial charge on any atom is -0.501 e. The molecule has 0 aromatic carbocycles. The number of hydrogen-bond donors (Lipinski definition) is 1. The summed E-state index contributed by atoms with van der Waals surface area (Å²) in [6, 6.07) is 3.70. The monoisotopic (exact) mass is 269 g/mol. The highest BCUT2D eigenvalue weighted by atomic mass is 79.9. The van der Waals surface area contributed by atoms with E-state index in [1.807, 2.05) is 12.1 Å². The van der Waals surface area contributed by atoms with Crippen molar-refractivity contribution in [3.05, 3.63) is 40.3 Å². The van der Waals surface area contributed by atoms with Gasteiger partial charge in [-0.2, -0.15) is 0 Å². The van der Waals surface area contributed by atoms with Crippen molar-refractivity contribution in [2.45, 2.75) is 18.9 Å². The van der Waals surface area contributed by atoms with Gasteiger partial charge in [0.25, 0.3) is 0 Å². The zero-order chi connectivity index (χ0) is 10.7. The number of aromatic nitrogens is 1. The topological polar surface area (TPSA) is 42.4 Å². The van der Waals surface area contributed by atoms with Gasteiger partial charge in [0.05, 0.1) is 18.6 Å². The smallest absolute Gasteiger partial charge is 0.121 e. The second-order valence-electron chi connectivity index (χ2n) is 3.44. The van der Waals surface area contributed by atoms with E-state index in [1.165, 1.54) is 0 Å². The van der Waals surface area contributed by atoms with E-state index in [-0.39, 0.29) is 0 Å². The van der Waals surface area contributed by atoms with Crippen LogP contribution < -0.4 is 0 Å². The second kappa shape index (κ2) is 4.77. The fraction of sp³-hybridized carbons (Fsp3) is 0.364. The van der Waals surface area contributed by atoms with Crippen molar-refractivity contribution in [1.82, 2.24) is 4.98 Å². The Labute approximate surface area is 96.9 Å². The summed E-state index contributed by atoms with van der Waals surface area (Å²) in [5.41, 5.74) is 1.54. The molecule has 80 valence electrons. The fourth-order valence-electron chi connectivity index (χ4n) is 1.56. The number of ether oxygens (including phenoxy) is 1. The molecule has 0 saturated heterocycles. The van der Waals surface area contributed by atoms with Crippen molar-refractivity contribution in [1.29, 1.82) is 0 Å². The molecule has 2 heterocycles. The predicted molar refractivity (Wildman–Crippen MR) is 60.2 cm³/mol. The first kappa shape index (κ1) is 10.6. The number of aliphatic hydroxyl groups excluding tert-OH is 1. The maximum Gasteiger partial charge on any atom is 0.121 e. The molecule has 0 saturated carbocycles. The summed E-state index contributed by atoms with van der Waals surface area (Å²) in [6.07, 6.45) is 4.47. The van der Waals surface area contributed by atoms with Gasteiger partial charge in [0.15, 0.2) is 0 Å². The van der Waals surface area contributed by atoms with E-state index in [2.05, 4.69) is 20.9 Å². The first-order valence-corrected chi connectivity index (χ1v) is 5.67. The van der Waals surface area contributed by atoms with E-state index in [1.54, 1.807) is 12.5 Å². The molecule has 0 fully saturated rings. The lowest BCUT2D eigenvalue weighted by molar-refractivity contribution is 0.167. The van der Waals surface area contributed by atoms with Gasteiger partial charge < -0.3 is 9.84 Å². The molecule has 0 radical (unpaired) electrons. The van der Waals surface area contributed by atoms with Crippen molar-refractivity contribution in [3.8, 4) is 0 Å². The summed E-state index contributed by atoms with van der Waals surface area (Å²) >= 11 is 3.37. The summed E-state index contributed by atoms with van der Waals surface area (Å²) < 4.78 is 6.02. The molecule has 2 rings (SSSR count). The van der Waals surface area contributed by atoms with Crippen LogP contribution in [0.5, 0.6) is 0 Å². The summed E-state index contributed by atoms with van der Waals surface area (Å²) in [5, 5.41) is 10.1. The molecule has 4 heteroatoms. The number of halogens is 1. The van der Waals surface area contributed by atoms with Crippen molar-refractivity contribution in [2.75, 3.05) is 6.61 Å². The van der Waals surface area contributed by atoms with Gasteiger partial charge in [0.2, 0.25) is 0 Å². The van der Waals surface area contributed by atoms with E-state index < -0.39 is 6.10 Å². The number of rotatable bonds is 2. The Morgan fingerprint density at radius 3 is 3.07 bits per heavy atom. The fourth-order valence-corrected chi connectivity index (χ4v) is 2.03. The van der Waals surface area contributed by atoms with Crippen LogP contribution in [-0.4, -0.2) is 16.7 Å². The average molecular weight is 270 g/mol. The minimum atomic E-state index is -0.666. The van der Waals surface area contributed by atoms with Crippen molar-refractivity contribution < 1.29 is 9.84 Å². The molecule has 0 aliphatic carbocycles. The van der Waals surface area contributed by atoms with Crippen molar-refractivity contribution in [2.24, 2.45) is 0 Å². The van der Waals surface area contributed by atoms with Crippen LogP contribution in [0.3, 0.4) is 0 Å². The van der Waals surface area contributed by atoms with Gasteiger partial charge in [-0.05, 0) is 46.5 Å². The van der Waals surface area contributed by atoms with Gasteiger partial charge in [-0.15, -0.1) is 0 Å². The minimum absolute atomic E-state index is 0.647. The van der Waals surface area contributed by atoms with E-state index in [0.29, 0.717) is 5.69 Å². The molecule has 3 nitrogen and oxygen atoms in total. The first-order valence-electron chi connectivity index (χ1n) is 4.88. The Bertz CT molecular complexity index is 379. The lowest BCUT2D eigenvalue weighted by Gasteiger charge is -2.19. The molecule has 0 spiro atoms. The maximum absolute atomic E-state index is 10.1. The van der Waals surface area contributed by atoms with E-state index in [4.69, 9.17) is 4.74 Å². The van der Waals surface area contributed by atoms with Gasteiger partial charge in [-0.1, -0.05) is 0 Å². The third-order valence-corrected chi connectivity index (χ3v) is 3.03. The highest BCUT2D eigenvalue weighted by Crippen LogP contribution is 2.30. The molecule has 0 amide bonds. The van der Waals surface area contributed by atoms with Gasteiger partial charge >= 0.3 is 0 Å². The highest BCUT2D eigenvalue weighted by molar-refractivity contribution is 9.10. The molecule has 1 aliphatic heterocycles. The Hall–Kier alpha value is -0.870. The van der Waals surface area contributed by atoms with Gasteiger partial charge in [0, 0.05) is 10.7 Å². The Morgan fingerprint density at radius 2 is 2.40 bits per heavy atom. The number of nitrogens with zero attached hydrogens (tertiary/aromatic N) is 1. The second-order valence-corrected chi connectivity index (χ2v) is 4.29. The van der Waals surface area contributed by atoms with Gasteiger partial charge in [0.1, 0.15) is 6.10 Å². The zero-order valence-electron chi connectivity index (χ0n) is 8.19. The Balaban J connectivity index is 2.23. The van der Waals surface area contributed by atoms with Gasteiger partial charge in [-0.25, -0.2) is 0 Å². The van der Waals surface area contributed by atoms with Crippen LogP contribution in [0.25, 0.3) is 0 Å². The molecule has 1 atom stereocenters. The molecular weight excluding hydrogens is 258 g/mol. The van der Waals surface area contributed by atoms with Crippen LogP contribution in [0.1, 0.15) is 24.6 Å². The number of aliphatic hydroxyl groups is 1. The van der Waals surface area contributed by atoms with Crippen LogP contribution >= 0.6 is 15.9 Å². The van der Waals surface area contributed by atoms with E-state index >= 15 is 0 Å². The summed E-state index contributed by atoms with van der Waals surface area (Å²) in [4.78, 5) is 4.16. The third kappa shape index (κ3) is 2.38. The lowest BCUT2D eigenvalue weighted by atomic mass is 10.0. The lowest BCUT2D eigenvalue weighted by Crippen LogP contribution is -2.09. The molecule has 1 aliphatic rings. The Morgan fingerprint density at radius 1 is 1.53 bits per heavy atom. The van der Waals surface area contributed by atoms with Crippen molar-refractivity contribution in [3.63, 3.8) is 0 Å². The molecular formula is C11H12BrNO2. The highest BCUT2D eigenvalue weighted by Gasteiger charge is 2.19. The number of hydrogen-bond acceptors (Lipinski definition) is 3. The number of pyridine rings is 1. The molecule has 1 aromatic rings. The van der Waals surface area contributed by atoms with E-state index in [9.17, 15) is 5.11 Å². The predicted octanol–water partition coefficient (Wildman–Crippen LogP) is 2.57. The van der Waals surface area contributed by atoms with Crippen LogP contribution in [-0.2, 0) is 4.74 Å². The summed E-state index contributed by atoms with van der Waals surface area (Å²) in [7, 11) is 0. The largest absolute Gasteiger partial charge is 0.501 e. The zero-order valence-corrected chi connectivity index (χ0v) is 9.77. The first-order chi connectivity index (χ1) is 7.29. The molecule has 1 unspecified atom stereocenters. The third-order valence-electron chi connectivity index (χ3n) is 2.36. The Kier molecular flexibility index (Phi) is 3.38. The van der Waals surface area contributed by atoms with Crippen LogP contribution in [0.4, 0.5) is 0 Å². The van der Waals surface area contributed by atoms with Crippen LogP contribution in [0.15, 0.2) is 34.6 Å². The van der Waals surface area contributed by atoms with Crippen molar-refractivity contribution >= 4 is 15.9 Å². The SMILES string of the molecule is OC(C1=COCCC1)c1ncccc1Br. The normalized spacial score (nSPS) is 17.9. The molecule has 0 bridgehead atoms. The maximum atomic E-state index is 10.1. The van der Waals surface area contributed by atoms with Gasteiger partial charge in [-0.3, -0.25) is 4.98 Å². The molecule has 15 heavy (non-hydrogen) atoms. The molecule has 1 N–H and O–H groups in total.